The van der Waals surface area contributed by atoms with E-state index in [1.165, 1.54) is 12.1 Å². The average molecular weight is 457 g/mol. The molecule has 5 nitrogen and oxygen atoms in total. The fraction of sp³-hybridized carbons (Fsp3) is 0.440. The largest absolute Gasteiger partial charge is 0.417 e. The van der Waals surface area contributed by atoms with Crippen LogP contribution in [0.1, 0.15) is 28.7 Å². The fourth-order valence-electron chi connectivity index (χ4n) is 5.19. The first kappa shape index (κ1) is 23.1. The molecule has 8 heteroatoms. The minimum absolute atomic E-state index is 0.0111. The van der Waals surface area contributed by atoms with Crippen LogP contribution in [0, 0.1) is 29.6 Å². The number of aliphatic hydroxyl groups is 1. The standard InChI is InChI=1S/C25H26F3N3O2/c1-17-3-2-4-18(9-17)10-23(33)30-8-7-20-13-31(15-24(20,14-30)16-32)21-6-5-19(12-29)22(11-21)25(26,27)28/h2-6,9,11,20,32H,7-8,10,13-16H2,1H3/t20-,24+/m0/s1. The maximum atomic E-state index is 13.4. The van der Waals surface area contributed by atoms with Crippen LogP contribution in [0.5, 0.6) is 0 Å². The smallest absolute Gasteiger partial charge is 0.396 e. The van der Waals surface area contributed by atoms with Gasteiger partial charge in [-0.3, -0.25) is 4.79 Å². The number of amides is 1. The number of benzene rings is 2. The van der Waals surface area contributed by atoms with E-state index in [1.807, 2.05) is 36.1 Å². The second kappa shape index (κ2) is 8.71. The van der Waals surface area contributed by atoms with Crippen LogP contribution in [0.25, 0.3) is 0 Å². The lowest BCUT2D eigenvalue weighted by atomic mass is 9.74. The van der Waals surface area contributed by atoms with Gasteiger partial charge in [0, 0.05) is 37.3 Å². The molecule has 0 aromatic heterocycles. The molecule has 2 aromatic rings. The zero-order chi connectivity index (χ0) is 23.8. The van der Waals surface area contributed by atoms with Gasteiger partial charge in [0.15, 0.2) is 0 Å². The summed E-state index contributed by atoms with van der Waals surface area (Å²) in [6.07, 6.45) is -3.66. The van der Waals surface area contributed by atoms with Crippen LogP contribution in [0.15, 0.2) is 42.5 Å². The van der Waals surface area contributed by atoms with Gasteiger partial charge in [0.2, 0.25) is 5.91 Å². The van der Waals surface area contributed by atoms with Crippen LogP contribution in [-0.4, -0.2) is 48.7 Å². The molecular weight excluding hydrogens is 431 g/mol. The first-order valence-corrected chi connectivity index (χ1v) is 11.0. The molecule has 0 unspecified atom stereocenters. The molecule has 0 saturated carbocycles. The predicted octanol–water partition coefficient (Wildman–Crippen LogP) is 3.78. The van der Waals surface area contributed by atoms with Gasteiger partial charge in [-0.1, -0.05) is 29.8 Å². The molecule has 0 bridgehead atoms. The van der Waals surface area contributed by atoms with Gasteiger partial charge in [0.05, 0.1) is 30.2 Å². The van der Waals surface area contributed by atoms with Crippen molar-refractivity contribution in [2.24, 2.45) is 11.3 Å². The second-order valence-corrected chi connectivity index (χ2v) is 9.21. The number of fused-ring (bicyclic) bond motifs is 1. The number of piperidine rings is 1. The lowest BCUT2D eigenvalue weighted by Crippen LogP contribution is -2.53. The van der Waals surface area contributed by atoms with Crippen LogP contribution in [0.3, 0.4) is 0 Å². The van der Waals surface area contributed by atoms with Crippen molar-refractivity contribution >= 4 is 11.6 Å². The Bertz CT molecular complexity index is 1100. The summed E-state index contributed by atoms with van der Waals surface area (Å²) in [4.78, 5) is 16.6. The number of nitrogens with zero attached hydrogens (tertiary/aromatic N) is 3. The normalized spacial score (nSPS) is 22.7. The molecule has 33 heavy (non-hydrogen) atoms. The number of aryl methyl sites for hydroxylation is 1. The van der Waals surface area contributed by atoms with Crippen molar-refractivity contribution in [2.75, 3.05) is 37.7 Å². The number of hydrogen-bond donors (Lipinski definition) is 1. The lowest BCUT2D eigenvalue weighted by Gasteiger charge is -2.43. The molecule has 0 aliphatic carbocycles. The zero-order valence-corrected chi connectivity index (χ0v) is 18.4. The molecule has 0 spiro atoms. The van der Waals surface area contributed by atoms with E-state index in [0.717, 1.165) is 17.2 Å². The molecule has 2 aliphatic heterocycles. The number of rotatable bonds is 4. The molecule has 1 amide bonds. The van der Waals surface area contributed by atoms with Crippen LogP contribution in [-0.2, 0) is 17.4 Å². The van der Waals surface area contributed by atoms with Crippen molar-refractivity contribution < 1.29 is 23.1 Å². The SMILES string of the molecule is Cc1cccc(CC(=O)N2CC[C@H]3CN(c4ccc(C#N)c(C(F)(F)F)c4)C[C@@]3(CO)C2)c1. The van der Waals surface area contributed by atoms with Crippen LogP contribution in [0.4, 0.5) is 18.9 Å². The van der Waals surface area contributed by atoms with Crippen molar-refractivity contribution in [1.29, 1.82) is 5.26 Å². The van der Waals surface area contributed by atoms with Crippen molar-refractivity contribution in [3.8, 4) is 6.07 Å². The Labute approximate surface area is 191 Å². The average Bonchev–Trinajstić information content (AvgIpc) is 3.17. The number of aliphatic hydroxyl groups excluding tert-OH is 1. The molecule has 2 heterocycles. The lowest BCUT2D eigenvalue weighted by molar-refractivity contribution is -0.138. The number of nitriles is 1. The Morgan fingerprint density at radius 3 is 2.70 bits per heavy atom. The number of likely N-dealkylation sites (tertiary alicyclic amines) is 1. The number of halogens is 3. The summed E-state index contributed by atoms with van der Waals surface area (Å²) in [6.45, 7) is 3.62. The quantitative estimate of drug-likeness (QED) is 0.759. The van der Waals surface area contributed by atoms with Crippen molar-refractivity contribution in [3.05, 3.63) is 64.7 Å². The number of hydrogen-bond acceptors (Lipinski definition) is 4. The summed E-state index contributed by atoms with van der Waals surface area (Å²) in [7, 11) is 0. The van der Waals surface area contributed by atoms with Crippen molar-refractivity contribution in [2.45, 2.75) is 25.9 Å². The highest BCUT2D eigenvalue weighted by Crippen LogP contribution is 2.44. The molecule has 174 valence electrons. The van der Waals surface area contributed by atoms with Gasteiger partial charge in [-0.2, -0.15) is 18.4 Å². The van der Waals surface area contributed by atoms with E-state index < -0.39 is 22.7 Å². The highest BCUT2D eigenvalue weighted by Gasteiger charge is 2.50. The Balaban J connectivity index is 1.53. The third-order valence-corrected chi connectivity index (χ3v) is 6.97. The highest BCUT2D eigenvalue weighted by molar-refractivity contribution is 5.79. The van der Waals surface area contributed by atoms with E-state index in [9.17, 15) is 23.1 Å². The molecule has 2 atom stereocenters. The molecular formula is C25H26F3N3O2. The van der Waals surface area contributed by atoms with Crippen molar-refractivity contribution in [1.82, 2.24) is 4.90 Å². The van der Waals surface area contributed by atoms with E-state index in [2.05, 4.69) is 0 Å². The monoisotopic (exact) mass is 457 g/mol. The Morgan fingerprint density at radius 1 is 1.24 bits per heavy atom. The number of carbonyl (C=O) groups excluding carboxylic acids is 1. The summed E-state index contributed by atoms with van der Waals surface area (Å²) < 4.78 is 40.3. The van der Waals surface area contributed by atoms with Gasteiger partial charge in [-0.15, -0.1) is 0 Å². The number of alkyl halides is 3. The van der Waals surface area contributed by atoms with Crippen LogP contribution < -0.4 is 4.90 Å². The van der Waals surface area contributed by atoms with E-state index in [4.69, 9.17) is 5.26 Å². The number of anilines is 1. The molecule has 0 radical (unpaired) electrons. The summed E-state index contributed by atoms with van der Waals surface area (Å²) in [6, 6.07) is 13.1. The van der Waals surface area contributed by atoms with E-state index in [0.29, 0.717) is 38.3 Å². The fourth-order valence-corrected chi connectivity index (χ4v) is 5.19. The third-order valence-electron chi connectivity index (χ3n) is 6.97. The van der Waals surface area contributed by atoms with Gasteiger partial charge >= 0.3 is 6.18 Å². The molecule has 2 fully saturated rings. The van der Waals surface area contributed by atoms with Crippen LogP contribution >= 0.6 is 0 Å². The molecule has 2 saturated heterocycles. The Hall–Kier alpha value is -3.05. The number of carbonyl (C=O) groups is 1. The summed E-state index contributed by atoms with van der Waals surface area (Å²) in [5.41, 5.74) is 0.440. The van der Waals surface area contributed by atoms with Gasteiger partial charge in [-0.05, 0) is 43.0 Å². The summed E-state index contributed by atoms with van der Waals surface area (Å²) in [5.74, 6) is 0.0542. The first-order valence-electron chi connectivity index (χ1n) is 11.0. The summed E-state index contributed by atoms with van der Waals surface area (Å²) in [5, 5.41) is 19.4. The van der Waals surface area contributed by atoms with Gasteiger partial charge < -0.3 is 14.9 Å². The predicted molar refractivity (Wildman–Crippen MR) is 117 cm³/mol. The Kier molecular flexibility index (Phi) is 6.10. The summed E-state index contributed by atoms with van der Waals surface area (Å²) >= 11 is 0. The minimum Gasteiger partial charge on any atom is -0.396 e. The van der Waals surface area contributed by atoms with Gasteiger partial charge in [0.25, 0.3) is 0 Å². The maximum Gasteiger partial charge on any atom is 0.417 e. The third kappa shape index (κ3) is 4.55. The van der Waals surface area contributed by atoms with Crippen molar-refractivity contribution in [3.63, 3.8) is 0 Å². The second-order valence-electron chi connectivity index (χ2n) is 9.21. The van der Waals surface area contributed by atoms with Gasteiger partial charge in [-0.25, -0.2) is 0 Å². The van der Waals surface area contributed by atoms with E-state index in [-0.39, 0.29) is 24.9 Å². The topological polar surface area (TPSA) is 67.6 Å². The molecule has 4 rings (SSSR count). The molecule has 2 aliphatic rings. The zero-order valence-electron chi connectivity index (χ0n) is 18.4. The van der Waals surface area contributed by atoms with Gasteiger partial charge in [0.1, 0.15) is 0 Å². The highest BCUT2D eigenvalue weighted by atomic mass is 19.4. The molecule has 1 N–H and O–H groups in total. The molecule has 2 aromatic carbocycles. The van der Waals surface area contributed by atoms with Crippen LogP contribution in [0.2, 0.25) is 0 Å². The van der Waals surface area contributed by atoms with E-state index >= 15 is 0 Å². The first-order chi connectivity index (χ1) is 15.6. The minimum atomic E-state index is -4.62. The maximum absolute atomic E-state index is 13.4. The Morgan fingerprint density at radius 2 is 2.03 bits per heavy atom. The van der Waals surface area contributed by atoms with E-state index in [1.54, 1.807) is 11.0 Å².